The Morgan fingerprint density at radius 3 is 2.47 bits per heavy atom. The monoisotopic (exact) mass is 245 g/mol. The van der Waals surface area contributed by atoms with E-state index in [4.69, 9.17) is 0 Å². The van der Waals surface area contributed by atoms with Gasteiger partial charge in [-0.15, -0.1) is 11.8 Å². The van der Waals surface area contributed by atoms with Crippen LogP contribution in [0.4, 0.5) is 0 Å². The van der Waals surface area contributed by atoms with Crippen molar-refractivity contribution in [3.05, 3.63) is 35.9 Å². The van der Waals surface area contributed by atoms with Gasteiger partial charge in [-0.3, -0.25) is 0 Å². The molecule has 0 aliphatic heterocycles. The summed E-state index contributed by atoms with van der Waals surface area (Å²) in [6.07, 6.45) is 1.87. The Balaban J connectivity index is 2.65. The normalized spacial score (nSPS) is 13.7. The van der Waals surface area contributed by atoms with Gasteiger partial charge in [-0.05, 0) is 18.7 Å². The van der Waals surface area contributed by atoms with E-state index in [1.165, 1.54) is 11.8 Å². The lowest BCUT2D eigenvalue weighted by Crippen LogP contribution is -2.31. The van der Waals surface area contributed by atoms with E-state index >= 15 is 0 Å². The van der Waals surface area contributed by atoms with Gasteiger partial charge in [0.15, 0.2) is 0 Å². The van der Waals surface area contributed by atoms with E-state index in [1.807, 2.05) is 43.5 Å². The van der Waals surface area contributed by atoms with Crippen LogP contribution in [0.15, 0.2) is 30.3 Å². The van der Waals surface area contributed by atoms with Gasteiger partial charge in [0, 0.05) is 0 Å². The first-order valence-electron chi connectivity index (χ1n) is 4.60. The van der Waals surface area contributed by atoms with Crippen molar-refractivity contribution < 1.29 is 8.42 Å². The first kappa shape index (κ1) is 12.5. The zero-order chi connectivity index (χ0) is 11.3. The molecule has 0 aromatic heterocycles. The van der Waals surface area contributed by atoms with Crippen LogP contribution >= 0.6 is 11.8 Å². The molecule has 0 heterocycles. The fraction of sp³-hybridized carbons (Fsp3) is 0.400. The van der Waals surface area contributed by atoms with E-state index in [9.17, 15) is 8.42 Å². The van der Waals surface area contributed by atoms with E-state index in [0.29, 0.717) is 0 Å². The molecule has 0 aliphatic rings. The second kappa shape index (κ2) is 5.53. The lowest BCUT2D eigenvalue weighted by Gasteiger charge is -2.11. The van der Waals surface area contributed by atoms with Crippen molar-refractivity contribution in [2.45, 2.75) is 18.1 Å². The van der Waals surface area contributed by atoms with Crippen molar-refractivity contribution in [3.8, 4) is 0 Å². The van der Waals surface area contributed by atoms with Crippen LogP contribution in [0.25, 0.3) is 0 Å². The van der Waals surface area contributed by atoms with Gasteiger partial charge in [-0.25, -0.2) is 13.1 Å². The maximum atomic E-state index is 11.6. The van der Waals surface area contributed by atoms with Crippen molar-refractivity contribution in [2.75, 3.05) is 6.26 Å². The fourth-order valence-electron chi connectivity index (χ4n) is 1.14. The average molecular weight is 245 g/mol. The molecule has 1 rings (SSSR count). The molecule has 0 saturated carbocycles. The van der Waals surface area contributed by atoms with Gasteiger partial charge in [0.2, 0.25) is 10.0 Å². The molecule has 84 valence electrons. The van der Waals surface area contributed by atoms with Crippen LogP contribution in [-0.4, -0.2) is 20.0 Å². The molecule has 1 N–H and O–H groups in total. The first-order valence-corrected chi connectivity index (χ1v) is 7.54. The minimum absolute atomic E-state index is 0.0404. The Bertz CT molecular complexity index is 389. The molecule has 1 aromatic carbocycles. The van der Waals surface area contributed by atoms with Crippen LogP contribution in [0, 0.1) is 0 Å². The minimum Gasteiger partial charge on any atom is -0.212 e. The van der Waals surface area contributed by atoms with Gasteiger partial charge >= 0.3 is 0 Å². The number of thioether (sulfide) groups is 1. The summed E-state index contributed by atoms with van der Waals surface area (Å²) in [6, 6.07) is 9.16. The highest BCUT2D eigenvalue weighted by Crippen LogP contribution is 2.08. The fourth-order valence-corrected chi connectivity index (χ4v) is 3.18. The van der Waals surface area contributed by atoms with Gasteiger partial charge in [-0.2, -0.15) is 0 Å². The highest BCUT2D eigenvalue weighted by Gasteiger charge is 2.13. The van der Waals surface area contributed by atoms with Crippen molar-refractivity contribution in [2.24, 2.45) is 0 Å². The third-order valence-corrected chi connectivity index (χ3v) is 4.30. The third kappa shape index (κ3) is 4.68. The number of hydrogen-bond acceptors (Lipinski definition) is 3. The summed E-state index contributed by atoms with van der Waals surface area (Å²) in [5, 5.41) is -0.0845. The molecule has 0 fully saturated rings. The lowest BCUT2D eigenvalue weighted by atomic mass is 10.2. The van der Waals surface area contributed by atoms with Crippen LogP contribution in [-0.2, 0) is 15.8 Å². The Morgan fingerprint density at radius 2 is 1.93 bits per heavy atom. The molecule has 0 spiro atoms. The van der Waals surface area contributed by atoms with Gasteiger partial charge in [0.1, 0.15) is 0 Å². The molecule has 0 bridgehead atoms. The number of rotatable bonds is 5. The Labute approximate surface area is 95.3 Å². The molecule has 0 saturated heterocycles. The third-order valence-electron chi connectivity index (χ3n) is 1.90. The summed E-state index contributed by atoms with van der Waals surface area (Å²) in [5.41, 5.74) is 0.804. The van der Waals surface area contributed by atoms with E-state index in [1.54, 1.807) is 0 Å². The van der Waals surface area contributed by atoms with Crippen LogP contribution in [0.5, 0.6) is 0 Å². The topological polar surface area (TPSA) is 46.2 Å². The minimum atomic E-state index is -3.22. The molecular formula is C10H15NO2S2. The highest BCUT2D eigenvalue weighted by molar-refractivity contribution is 8.00. The zero-order valence-corrected chi connectivity index (χ0v) is 10.4. The second-order valence-electron chi connectivity index (χ2n) is 3.24. The van der Waals surface area contributed by atoms with Gasteiger partial charge in [0.05, 0.1) is 11.1 Å². The maximum Gasteiger partial charge on any atom is 0.216 e. The zero-order valence-electron chi connectivity index (χ0n) is 8.80. The smallest absolute Gasteiger partial charge is 0.212 e. The average Bonchev–Trinajstić information content (AvgIpc) is 2.17. The van der Waals surface area contributed by atoms with E-state index in [-0.39, 0.29) is 11.1 Å². The molecule has 1 atom stereocenters. The van der Waals surface area contributed by atoms with Gasteiger partial charge in [0.25, 0.3) is 0 Å². The quantitative estimate of drug-likeness (QED) is 0.805. The molecule has 15 heavy (non-hydrogen) atoms. The molecule has 3 nitrogen and oxygen atoms in total. The molecule has 5 heteroatoms. The summed E-state index contributed by atoms with van der Waals surface area (Å²) in [5.74, 6) is 0.0404. The van der Waals surface area contributed by atoms with Crippen molar-refractivity contribution in [1.82, 2.24) is 4.72 Å². The second-order valence-corrected chi connectivity index (χ2v) is 6.17. The highest BCUT2D eigenvalue weighted by atomic mass is 32.2. The largest absolute Gasteiger partial charge is 0.216 e. The summed E-state index contributed by atoms with van der Waals surface area (Å²) < 4.78 is 25.9. The Morgan fingerprint density at radius 1 is 1.33 bits per heavy atom. The van der Waals surface area contributed by atoms with E-state index in [2.05, 4.69) is 4.72 Å². The van der Waals surface area contributed by atoms with Gasteiger partial charge in [-0.1, -0.05) is 30.3 Å². The number of hydrogen-bond donors (Lipinski definition) is 1. The maximum absolute atomic E-state index is 11.6. The molecule has 0 amide bonds. The molecule has 1 aromatic rings. The molecule has 0 radical (unpaired) electrons. The molecular weight excluding hydrogens is 230 g/mol. The Hall–Kier alpha value is -0.520. The van der Waals surface area contributed by atoms with Crippen molar-refractivity contribution in [3.63, 3.8) is 0 Å². The van der Waals surface area contributed by atoms with Crippen molar-refractivity contribution >= 4 is 21.8 Å². The SMILES string of the molecule is CSC(C)NS(=O)(=O)Cc1ccccc1. The van der Waals surface area contributed by atoms with E-state index in [0.717, 1.165) is 5.56 Å². The van der Waals surface area contributed by atoms with E-state index < -0.39 is 10.0 Å². The summed E-state index contributed by atoms with van der Waals surface area (Å²) in [7, 11) is -3.22. The summed E-state index contributed by atoms with van der Waals surface area (Å²) in [4.78, 5) is 0. The molecule has 1 unspecified atom stereocenters. The number of sulfonamides is 1. The predicted octanol–water partition coefficient (Wildman–Crippen LogP) is 1.81. The summed E-state index contributed by atoms with van der Waals surface area (Å²) >= 11 is 1.47. The number of benzene rings is 1. The first-order chi connectivity index (χ1) is 7.03. The number of nitrogens with one attached hydrogen (secondary N) is 1. The van der Waals surface area contributed by atoms with Crippen LogP contribution in [0.3, 0.4) is 0 Å². The Kier molecular flexibility index (Phi) is 4.63. The summed E-state index contributed by atoms with van der Waals surface area (Å²) in [6.45, 7) is 1.83. The van der Waals surface area contributed by atoms with Crippen LogP contribution < -0.4 is 4.72 Å². The lowest BCUT2D eigenvalue weighted by molar-refractivity contribution is 0.580. The predicted molar refractivity (Wildman–Crippen MR) is 65.2 cm³/mol. The standard InChI is InChI=1S/C10H15NO2S2/c1-9(14-2)11-15(12,13)8-10-6-4-3-5-7-10/h3-7,9,11H,8H2,1-2H3. The molecule has 0 aliphatic carbocycles. The van der Waals surface area contributed by atoms with Crippen molar-refractivity contribution in [1.29, 1.82) is 0 Å². The van der Waals surface area contributed by atoms with Crippen LogP contribution in [0.1, 0.15) is 12.5 Å². The van der Waals surface area contributed by atoms with Gasteiger partial charge < -0.3 is 0 Å². The van der Waals surface area contributed by atoms with Crippen LogP contribution in [0.2, 0.25) is 0 Å².